The number of rotatable bonds is 6. The summed E-state index contributed by atoms with van der Waals surface area (Å²) in [4.78, 5) is 30.6. The van der Waals surface area contributed by atoms with Crippen molar-refractivity contribution in [3.63, 3.8) is 0 Å². The van der Waals surface area contributed by atoms with Crippen LogP contribution < -0.4 is 5.32 Å². The van der Waals surface area contributed by atoms with Crippen molar-refractivity contribution in [2.45, 2.75) is 32.6 Å². The predicted octanol–water partition coefficient (Wildman–Crippen LogP) is 4.63. The molecule has 1 aromatic carbocycles. The van der Waals surface area contributed by atoms with Crippen molar-refractivity contribution in [2.75, 3.05) is 57.9 Å². The highest BCUT2D eigenvalue weighted by Crippen LogP contribution is 2.36. The first-order chi connectivity index (χ1) is 19.0. The monoisotopic (exact) mass is 568 g/mol. The summed E-state index contributed by atoms with van der Waals surface area (Å²) < 4.78 is 10.9. The number of carbonyl (C=O) groups is 1. The summed E-state index contributed by atoms with van der Waals surface area (Å²) in [6, 6.07) is 13.1. The van der Waals surface area contributed by atoms with Gasteiger partial charge in [-0.05, 0) is 41.8 Å². The molecule has 0 radical (unpaired) electrons. The minimum Gasteiger partial charge on any atom is -0.379 e. The smallest absolute Gasteiger partial charge is 0.320 e. The second kappa shape index (κ2) is 11.8. The fourth-order valence-electron chi connectivity index (χ4n) is 5.34. The highest BCUT2D eigenvalue weighted by atomic mass is 35.5. The number of fused-ring (bicyclic) bond motifs is 1. The Morgan fingerprint density at radius 1 is 1.00 bits per heavy atom. The van der Waals surface area contributed by atoms with Gasteiger partial charge in [0.05, 0.1) is 51.3 Å². The van der Waals surface area contributed by atoms with E-state index in [1.54, 1.807) is 11.3 Å². The molecule has 0 saturated carbocycles. The summed E-state index contributed by atoms with van der Waals surface area (Å²) in [5.41, 5.74) is 4.34. The number of nitrogens with one attached hydrogen (secondary N) is 1. The third-order valence-electron chi connectivity index (χ3n) is 7.49. The van der Waals surface area contributed by atoms with Crippen LogP contribution in [0.1, 0.15) is 34.7 Å². The van der Waals surface area contributed by atoms with Crippen LogP contribution in [0.25, 0.3) is 10.4 Å². The van der Waals surface area contributed by atoms with Crippen LogP contribution in [0.4, 0.5) is 10.6 Å². The van der Waals surface area contributed by atoms with Gasteiger partial charge < -0.3 is 24.6 Å². The van der Waals surface area contributed by atoms with Gasteiger partial charge in [-0.25, -0.2) is 14.8 Å². The quantitative estimate of drug-likeness (QED) is 0.434. The maximum Gasteiger partial charge on any atom is 0.320 e. The summed E-state index contributed by atoms with van der Waals surface area (Å²) in [6.45, 7) is 9.82. The zero-order valence-electron chi connectivity index (χ0n) is 22.1. The number of halogens is 1. The Morgan fingerprint density at radius 2 is 1.74 bits per heavy atom. The number of amides is 2. The summed E-state index contributed by atoms with van der Waals surface area (Å²) in [5, 5.41) is 3.75. The molecule has 9 nitrogen and oxygen atoms in total. The number of morpholine rings is 2. The Labute approximate surface area is 237 Å². The van der Waals surface area contributed by atoms with Gasteiger partial charge in [0.2, 0.25) is 5.28 Å². The zero-order chi connectivity index (χ0) is 26.8. The molecule has 1 atom stereocenters. The fraction of sp³-hybridized carbons (Fsp3) is 0.464. The van der Waals surface area contributed by atoms with Crippen LogP contribution >= 0.6 is 22.9 Å². The van der Waals surface area contributed by atoms with Gasteiger partial charge in [-0.2, -0.15) is 0 Å². The molecule has 11 heteroatoms. The average Bonchev–Trinajstić information content (AvgIpc) is 3.62. The van der Waals surface area contributed by atoms with Gasteiger partial charge in [0.15, 0.2) is 0 Å². The Kier molecular flexibility index (Phi) is 7.99. The van der Waals surface area contributed by atoms with Crippen molar-refractivity contribution in [1.82, 2.24) is 24.7 Å². The van der Waals surface area contributed by atoms with E-state index >= 15 is 0 Å². The Morgan fingerprint density at radius 3 is 2.54 bits per heavy atom. The first kappa shape index (κ1) is 26.5. The molecule has 3 aliphatic heterocycles. The van der Waals surface area contributed by atoms with Gasteiger partial charge in [-0.3, -0.25) is 4.90 Å². The first-order valence-corrected chi connectivity index (χ1v) is 14.7. The molecule has 3 aromatic rings. The lowest BCUT2D eigenvalue weighted by molar-refractivity contribution is 0.0342. The minimum absolute atomic E-state index is 0.00469. The number of urea groups is 1. The SMILES string of the molecule is CC(Nc1nc(Cl)nc2c1CN(C(=O)N1CCOCC1)C2)c1ccc(-c2ccccc2CN2CCOCC2)s1. The number of anilines is 1. The summed E-state index contributed by atoms with van der Waals surface area (Å²) >= 11 is 8.10. The van der Waals surface area contributed by atoms with E-state index < -0.39 is 0 Å². The molecule has 0 bridgehead atoms. The molecule has 1 N–H and O–H groups in total. The molecular formula is C28H33ClN6O3S. The van der Waals surface area contributed by atoms with Gasteiger partial charge in [0.25, 0.3) is 0 Å². The van der Waals surface area contributed by atoms with Crippen LogP contribution in [0.5, 0.6) is 0 Å². The van der Waals surface area contributed by atoms with E-state index in [1.165, 1.54) is 20.9 Å². The highest BCUT2D eigenvalue weighted by Gasteiger charge is 2.32. The van der Waals surface area contributed by atoms with E-state index in [0.717, 1.165) is 44.1 Å². The molecule has 2 saturated heterocycles. The normalized spacial score (nSPS) is 18.7. The van der Waals surface area contributed by atoms with Crippen molar-refractivity contribution in [3.8, 4) is 10.4 Å². The van der Waals surface area contributed by atoms with Gasteiger partial charge in [-0.1, -0.05) is 24.3 Å². The lowest BCUT2D eigenvalue weighted by Crippen LogP contribution is -2.46. The number of ether oxygens (including phenoxy) is 2. The third-order valence-corrected chi connectivity index (χ3v) is 8.96. The van der Waals surface area contributed by atoms with E-state index in [9.17, 15) is 4.79 Å². The lowest BCUT2D eigenvalue weighted by Gasteiger charge is -2.30. The van der Waals surface area contributed by atoms with Gasteiger partial charge in [0.1, 0.15) is 5.82 Å². The standard InChI is InChI=1S/C28H33ClN6O3S/c1-19(24-6-7-25(39-24)21-5-3-2-4-20(21)16-33-8-12-37-13-9-33)30-26-22-17-35(18-23(22)31-27(29)32-26)28(36)34-10-14-38-15-11-34/h2-7,19H,8-18H2,1H3,(H,30,31,32). The Balaban J connectivity index is 1.17. The average molecular weight is 569 g/mol. The van der Waals surface area contributed by atoms with E-state index in [-0.39, 0.29) is 17.4 Å². The molecule has 0 aliphatic carbocycles. The zero-order valence-corrected chi connectivity index (χ0v) is 23.6. The molecule has 2 amide bonds. The summed E-state index contributed by atoms with van der Waals surface area (Å²) in [6.07, 6.45) is 0. The molecule has 5 heterocycles. The number of carbonyl (C=O) groups excluding carboxylic acids is 1. The topological polar surface area (TPSA) is 83.1 Å². The van der Waals surface area contributed by atoms with Gasteiger partial charge >= 0.3 is 6.03 Å². The number of aromatic nitrogens is 2. The lowest BCUT2D eigenvalue weighted by atomic mass is 10.1. The van der Waals surface area contributed by atoms with E-state index in [1.807, 2.05) is 9.80 Å². The molecule has 1 unspecified atom stereocenters. The van der Waals surface area contributed by atoms with Crippen molar-refractivity contribution < 1.29 is 14.3 Å². The Bertz CT molecular complexity index is 1320. The van der Waals surface area contributed by atoms with E-state index in [2.05, 4.69) is 63.5 Å². The van der Waals surface area contributed by atoms with Crippen LogP contribution in [-0.2, 0) is 29.1 Å². The van der Waals surface area contributed by atoms with Crippen LogP contribution in [0, 0.1) is 0 Å². The van der Waals surface area contributed by atoms with Crippen molar-refractivity contribution in [3.05, 3.63) is 63.4 Å². The number of thiophene rings is 1. The van der Waals surface area contributed by atoms with Crippen LogP contribution in [-0.4, -0.2) is 83.3 Å². The van der Waals surface area contributed by atoms with E-state index in [0.29, 0.717) is 45.2 Å². The minimum atomic E-state index is 0.00469. The molecular weight excluding hydrogens is 536 g/mol. The first-order valence-electron chi connectivity index (χ1n) is 13.5. The molecule has 0 spiro atoms. The van der Waals surface area contributed by atoms with Crippen molar-refractivity contribution >= 4 is 34.8 Å². The maximum atomic E-state index is 13.1. The van der Waals surface area contributed by atoms with Crippen LogP contribution in [0.3, 0.4) is 0 Å². The number of benzene rings is 1. The van der Waals surface area contributed by atoms with Crippen LogP contribution in [0.15, 0.2) is 36.4 Å². The van der Waals surface area contributed by atoms with Crippen LogP contribution in [0.2, 0.25) is 5.28 Å². The fourth-order valence-corrected chi connectivity index (χ4v) is 6.60. The Hall–Kier alpha value is -2.76. The van der Waals surface area contributed by atoms with Crippen molar-refractivity contribution in [1.29, 1.82) is 0 Å². The van der Waals surface area contributed by atoms with Gasteiger partial charge in [0, 0.05) is 48.0 Å². The maximum absolute atomic E-state index is 13.1. The van der Waals surface area contributed by atoms with Gasteiger partial charge in [-0.15, -0.1) is 11.3 Å². The molecule has 206 valence electrons. The second-order valence-electron chi connectivity index (χ2n) is 10.1. The molecule has 6 rings (SSSR count). The third kappa shape index (κ3) is 5.90. The summed E-state index contributed by atoms with van der Waals surface area (Å²) in [5.74, 6) is 0.692. The molecule has 2 aromatic heterocycles. The number of nitrogens with zero attached hydrogens (tertiary/aromatic N) is 5. The number of hydrogen-bond donors (Lipinski definition) is 1. The molecule has 2 fully saturated rings. The second-order valence-corrected chi connectivity index (χ2v) is 11.6. The molecule has 3 aliphatic rings. The molecule has 39 heavy (non-hydrogen) atoms. The largest absolute Gasteiger partial charge is 0.379 e. The van der Waals surface area contributed by atoms with E-state index in [4.69, 9.17) is 21.1 Å². The number of hydrogen-bond acceptors (Lipinski definition) is 8. The summed E-state index contributed by atoms with van der Waals surface area (Å²) in [7, 11) is 0. The highest BCUT2D eigenvalue weighted by molar-refractivity contribution is 7.15. The predicted molar refractivity (Wildman–Crippen MR) is 152 cm³/mol. The van der Waals surface area contributed by atoms with Crippen molar-refractivity contribution in [2.24, 2.45) is 0 Å².